The second-order valence-corrected chi connectivity index (χ2v) is 6.74. The lowest BCUT2D eigenvalue weighted by atomic mass is 10.0. The van der Waals surface area contributed by atoms with Crippen LogP contribution in [0.15, 0.2) is 79.3 Å². The van der Waals surface area contributed by atoms with E-state index in [0.29, 0.717) is 11.5 Å². The SMILES string of the molecule is NC(=O)n1cc(-c2cccnc2Nc2ccc3cn[nH]c3c2)c(-c2ccccc2)n1. The molecule has 3 heterocycles. The van der Waals surface area contributed by atoms with Gasteiger partial charge in [-0.15, -0.1) is 0 Å². The number of rotatable bonds is 4. The van der Waals surface area contributed by atoms with E-state index in [0.717, 1.165) is 38.0 Å². The minimum Gasteiger partial charge on any atom is -0.350 e. The Morgan fingerprint density at radius 1 is 1.03 bits per heavy atom. The summed E-state index contributed by atoms with van der Waals surface area (Å²) in [6.45, 7) is 0. The molecule has 3 aromatic heterocycles. The summed E-state index contributed by atoms with van der Waals surface area (Å²) in [5.41, 5.74) is 10.3. The van der Waals surface area contributed by atoms with E-state index in [9.17, 15) is 4.79 Å². The lowest BCUT2D eigenvalue weighted by Gasteiger charge is -2.11. The van der Waals surface area contributed by atoms with Gasteiger partial charge < -0.3 is 11.1 Å². The van der Waals surface area contributed by atoms with Crippen LogP contribution in [0, 0.1) is 0 Å². The molecule has 0 bridgehead atoms. The van der Waals surface area contributed by atoms with Gasteiger partial charge in [-0.2, -0.15) is 14.9 Å². The predicted octanol–water partition coefficient (Wildman–Crippen LogP) is 4.16. The number of nitrogens with zero attached hydrogens (tertiary/aromatic N) is 4. The summed E-state index contributed by atoms with van der Waals surface area (Å²) in [4.78, 5) is 16.3. The number of carbonyl (C=O) groups excluding carboxylic acids is 1. The number of anilines is 2. The Balaban J connectivity index is 1.62. The van der Waals surface area contributed by atoms with E-state index in [-0.39, 0.29) is 0 Å². The first-order valence-corrected chi connectivity index (χ1v) is 9.29. The van der Waals surface area contributed by atoms with E-state index in [1.165, 1.54) is 0 Å². The standard InChI is InChI=1S/C22H17N7O/c23-22(30)29-13-18(20(28-29)14-5-2-1-3-6-14)17-7-4-10-24-21(17)26-16-9-8-15-12-25-27-19(15)11-16/h1-13H,(H2,23,30)(H,24,26)(H,25,27). The molecule has 2 aromatic carbocycles. The van der Waals surface area contributed by atoms with E-state index in [1.807, 2.05) is 60.7 Å². The number of primary amides is 1. The molecular formula is C22H17N7O. The van der Waals surface area contributed by atoms with Crippen LogP contribution < -0.4 is 11.1 Å². The zero-order valence-electron chi connectivity index (χ0n) is 15.8. The third-order valence-electron chi connectivity index (χ3n) is 4.79. The Kier molecular flexibility index (Phi) is 4.21. The quantitative estimate of drug-likeness (QED) is 0.423. The van der Waals surface area contributed by atoms with Crippen molar-refractivity contribution in [2.75, 3.05) is 5.32 Å². The Labute approximate surface area is 171 Å². The second-order valence-electron chi connectivity index (χ2n) is 6.74. The number of aromatic nitrogens is 5. The summed E-state index contributed by atoms with van der Waals surface area (Å²) in [6, 6.07) is 18.7. The van der Waals surface area contributed by atoms with Gasteiger partial charge in [0, 0.05) is 40.2 Å². The van der Waals surface area contributed by atoms with Gasteiger partial charge in [-0.1, -0.05) is 30.3 Å². The topological polar surface area (TPSA) is 115 Å². The highest BCUT2D eigenvalue weighted by atomic mass is 16.2. The van der Waals surface area contributed by atoms with Gasteiger partial charge in [-0.25, -0.2) is 9.78 Å². The van der Waals surface area contributed by atoms with E-state index in [1.54, 1.807) is 18.6 Å². The van der Waals surface area contributed by atoms with Crippen LogP contribution in [0.25, 0.3) is 33.3 Å². The number of hydrogen-bond donors (Lipinski definition) is 3. The Hall–Kier alpha value is -4.46. The molecule has 0 aliphatic carbocycles. The smallest absolute Gasteiger partial charge is 0.339 e. The Bertz CT molecular complexity index is 1350. The molecule has 5 rings (SSSR count). The van der Waals surface area contributed by atoms with Crippen LogP contribution in [0.1, 0.15) is 0 Å². The van der Waals surface area contributed by atoms with Gasteiger partial charge in [0.25, 0.3) is 0 Å². The van der Waals surface area contributed by atoms with Crippen LogP contribution >= 0.6 is 0 Å². The number of aromatic amines is 1. The third kappa shape index (κ3) is 3.16. The second kappa shape index (κ2) is 7.17. The Morgan fingerprint density at radius 2 is 1.90 bits per heavy atom. The van der Waals surface area contributed by atoms with Gasteiger partial charge in [0.2, 0.25) is 0 Å². The maximum absolute atomic E-state index is 11.8. The predicted molar refractivity (Wildman–Crippen MR) is 115 cm³/mol. The van der Waals surface area contributed by atoms with Crippen LogP contribution in [-0.2, 0) is 0 Å². The number of nitrogens with two attached hydrogens (primary N) is 1. The zero-order chi connectivity index (χ0) is 20.5. The molecule has 0 spiro atoms. The van der Waals surface area contributed by atoms with Crippen molar-refractivity contribution in [1.82, 2.24) is 25.0 Å². The van der Waals surface area contributed by atoms with Crippen LogP contribution in [0.5, 0.6) is 0 Å². The number of benzene rings is 2. The van der Waals surface area contributed by atoms with Gasteiger partial charge in [-0.05, 0) is 30.3 Å². The summed E-state index contributed by atoms with van der Waals surface area (Å²) >= 11 is 0. The van der Waals surface area contributed by atoms with Crippen LogP contribution in [0.3, 0.4) is 0 Å². The highest BCUT2D eigenvalue weighted by molar-refractivity contribution is 5.90. The summed E-state index contributed by atoms with van der Waals surface area (Å²) in [5, 5.41) is 15.8. The molecule has 0 unspecified atom stereocenters. The molecule has 5 aromatic rings. The first-order valence-electron chi connectivity index (χ1n) is 9.29. The monoisotopic (exact) mass is 395 g/mol. The first kappa shape index (κ1) is 17.6. The van der Waals surface area contributed by atoms with E-state index >= 15 is 0 Å². The molecule has 0 fully saturated rings. The first-order chi connectivity index (χ1) is 14.7. The molecule has 0 radical (unpaired) electrons. The molecule has 8 heteroatoms. The summed E-state index contributed by atoms with van der Waals surface area (Å²) in [5.74, 6) is 0.637. The maximum atomic E-state index is 11.8. The molecule has 0 saturated carbocycles. The number of pyridine rings is 1. The number of carbonyl (C=O) groups is 1. The molecule has 146 valence electrons. The van der Waals surface area contributed by atoms with Gasteiger partial charge in [0.1, 0.15) is 11.5 Å². The zero-order valence-corrected chi connectivity index (χ0v) is 15.8. The minimum atomic E-state index is -0.651. The average Bonchev–Trinajstić information content (AvgIpc) is 3.42. The molecule has 30 heavy (non-hydrogen) atoms. The fraction of sp³-hybridized carbons (Fsp3) is 0. The average molecular weight is 395 g/mol. The van der Waals surface area contributed by atoms with Gasteiger partial charge >= 0.3 is 6.03 Å². The van der Waals surface area contributed by atoms with Gasteiger partial charge in [0.05, 0.1) is 11.7 Å². The fourth-order valence-corrected chi connectivity index (χ4v) is 3.37. The van der Waals surface area contributed by atoms with Gasteiger partial charge in [-0.3, -0.25) is 5.10 Å². The van der Waals surface area contributed by atoms with Crippen molar-refractivity contribution < 1.29 is 4.79 Å². The lowest BCUT2D eigenvalue weighted by Crippen LogP contribution is -2.19. The highest BCUT2D eigenvalue weighted by Crippen LogP contribution is 2.35. The molecule has 0 aliphatic heterocycles. The van der Waals surface area contributed by atoms with Crippen molar-refractivity contribution in [3.63, 3.8) is 0 Å². The van der Waals surface area contributed by atoms with Crippen molar-refractivity contribution in [3.05, 3.63) is 79.3 Å². The minimum absolute atomic E-state index is 0.637. The number of H-pyrrole nitrogens is 1. The summed E-state index contributed by atoms with van der Waals surface area (Å²) in [6.07, 6.45) is 5.11. The number of nitrogens with one attached hydrogen (secondary N) is 2. The Morgan fingerprint density at radius 3 is 2.73 bits per heavy atom. The number of hydrogen-bond acceptors (Lipinski definition) is 5. The number of amides is 1. The largest absolute Gasteiger partial charge is 0.350 e. The van der Waals surface area contributed by atoms with Crippen molar-refractivity contribution >= 4 is 28.4 Å². The molecule has 1 amide bonds. The van der Waals surface area contributed by atoms with E-state index in [2.05, 4.69) is 25.6 Å². The summed E-state index contributed by atoms with van der Waals surface area (Å²) in [7, 11) is 0. The molecule has 8 nitrogen and oxygen atoms in total. The van der Waals surface area contributed by atoms with Crippen LogP contribution in [0.4, 0.5) is 16.3 Å². The fourth-order valence-electron chi connectivity index (χ4n) is 3.37. The highest BCUT2D eigenvalue weighted by Gasteiger charge is 2.18. The van der Waals surface area contributed by atoms with E-state index < -0.39 is 6.03 Å². The van der Waals surface area contributed by atoms with Crippen molar-refractivity contribution in [2.45, 2.75) is 0 Å². The van der Waals surface area contributed by atoms with Crippen molar-refractivity contribution in [3.8, 4) is 22.4 Å². The summed E-state index contributed by atoms with van der Waals surface area (Å²) < 4.78 is 1.14. The van der Waals surface area contributed by atoms with Crippen molar-refractivity contribution in [1.29, 1.82) is 0 Å². The maximum Gasteiger partial charge on any atom is 0.339 e. The van der Waals surface area contributed by atoms with E-state index in [4.69, 9.17) is 5.73 Å². The molecule has 0 atom stereocenters. The number of fused-ring (bicyclic) bond motifs is 1. The molecule has 0 saturated heterocycles. The lowest BCUT2D eigenvalue weighted by molar-refractivity contribution is 0.248. The van der Waals surface area contributed by atoms with Crippen LogP contribution in [-0.4, -0.2) is 31.0 Å². The normalized spacial score (nSPS) is 10.9. The molecular weight excluding hydrogens is 378 g/mol. The molecule has 0 aliphatic rings. The van der Waals surface area contributed by atoms with Crippen LogP contribution in [0.2, 0.25) is 0 Å². The third-order valence-corrected chi connectivity index (χ3v) is 4.79. The van der Waals surface area contributed by atoms with Gasteiger partial charge in [0.15, 0.2) is 0 Å². The molecule has 4 N–H and O–H groups in total. The van der Waals surface area contributed by atoms with Crippen molar-refractivity contribution in [2.24, 2.45) is 5.73 Å².